The van der Waals surface area contributed by atoms with Crippen LogP contribution in [0.25, 0.3) is 11.0 Å². The maximum absolute atomic E-state index is 12.7. The predicted molar refractivity (Wildman–Crippen MR) is 108 cm³/mol. The molecule has 25 heavy (non-hydrogen) atoms. The van der Waals surface area contributed by atoms with Crippen LogP contribution in [0.4, 0.5) is 0 Å². The zero-order chi connectivity index (χ0) is 17.8. The number of hydrogen-bond acceptors (Lipinski definition) is 4. The third-order valence-corrected chi connectivity index (χ3v) is 6.01. The van der Waals surface area contributed by atoms with Gasteiger partial charge in [-0.05, 0) is 55.5 Å². The molecule has 2 N–H and O–H groups in total. The molecule has 0 saturated heterocycles. The number of aryl methyl sites for hydroxylation is 2. The fourth-order valence-electron chi connectivity index (χ4n) is 2.86. The van der Waals surface area contributed by atoms with Crippen LogP contribution >= 0.6 is 23.1 Å². The maximum Gasteiger partial charge on any atom is 0.261 e. The molecule has 4 nitrogen and oxygen atoms in total. The smallest absolute Gasteiger partial charge is 0.261 e. The van der Waals surface area contributed by atoms with E-state index in [0.717, 1.165) is 40.3 Å². The van der Waals surface area contributed by atoms with Gasteiger partial charge in [0.05, 0.1) is 22.0 Å². The lowest BCUT2D eigenvalue weighted by Crippen LogP contribution is -2.29. The van der Waals surface area contributed by atoms with Gasteiger partial charge in [0.15, 0.2) is 0 Å². The third kappa shape index (κ3) is 4.07. The highest BCUT2D eigenvalue weighted by Crippen LogP contribution is 2.24. The van der Waals surface area contributed by atoms with Crippen LogP contribution in [0.2, 0.25) is 0 Å². The molecule has 1 amide bonds. The number of aromatic nitrogens is 2. The predicted octanol–water partition coefficient (Wildman–Crippen LogP) is 4.72. The number of carbonyl (C=O) groups is 1. The summed E-state index contributed by atoms with van der Waals surface area (Å²) in [6, 6.07) is 9.86. The van der Waals surface area contributed by atoms with Crippen molar-refractivity contribution in [1.29, 1.82) is 0 Å². The molecule has 0 saturated carbocycles. The fourth-order valence-corrected chi connectivity index (χ4v) is 4.35. The third-order valence-electron chi connectivity index (χ3n) is 4.28. The van der Waals surface area contributed by atoms with E-state index in [1.807, 2.05) is 30.3 Å². The summed E-state index contributed by atoms with van der Waals surface area (Å²) >= 11 is 3.34. The van der Waals surface area contributed by atoms with Gasteiger partial charge in [-0.2, -0.15) is 11.8 Å². The number of nitrogens with one attached hydrogen (secondary N) is 2. The quantitative estimate of drug-likeness (QED) is 0.630. The number of benzene rings is 1. The van der Waals surface area contributed by atoms with Crippen molar-refractivity contribution in [3.8, 4) is 0 Å². The molecule has 0 aliphatic rings. The number of fused-ring (bicyclic) bond motifs is 1. The Morgan fingerprint density at radius 1 is 1.40 bits per heavy atom. The van der Waals surface area contributed by atoms with Crippen molar-refractivity contribution in [1.82, 2.24) is 15.3 Å². The molecule has 3 rings (SSSR count). The van der Waals surface area contributed by atoms with Crippen LogP contribution in [-0.4, -0.2) is 27.9 Å². The van der Waals surface area contributed by atoms with Gasteiger partial charge in [0.2, 0.25) is 0 Å². The first-order valence-corrected chi connectivity index (χ1v) is 10.7. The van der Waals surface area contributed by atoms with Gasteiger partial charge in [-0.25, -0.2) is 4.98 Å². The van der Waals surface area contributed by atoms with E-state index in [0.29, 0.717) is 0 Å². The molecule has 6 heteroatoms. The molecule has 0 aliphatic heterocycles. The minimum absolute atomic E-state index is 0.0145. The van der Waals surface area contributed by atoms with Gasteiger partial charge in [0, 0.05) is 4.88 Å². The van der Waals surface area contributed by atoms with Crippen molar-refractivity contribution in [3.63, 3.8) is 0 Å². The van der Waals surface area contributed by atoms with Gasteiger partial charge in [-0.3, -0.25) is 4.79 Å². The lowest BCUT2D eigenvalue weighted by Gasteiger charge is -2.15. The summed E-state index contributed by atoms with van der Waals surface area (Å²) in [6.07, 6.45) is 3.88. The minimum Gasteiger partial charge on any atom is -0.341 e. The van der Waals surface area contributed by atoms with E-state index in [9.17, 15) is 4.79 Å². The number of H-pyrrole nitrogens is 1. The number of imidazole rings is 1. The zero-order valence-electron chi connectivity index (χ0n) is 14.8. The number of aromatic amines is 1. The van der Waals surface area contributed by atoms with Gasteiger partial charge >= 0.3 is 0 Å². The van der Waals surface area contributed by atoms with Crippen molar-refractivity contribution >= 4 is 40.0 Å². The lowest BCUT2D eigenvalue weighted by molar-refractivity contribution is 0.0938. The second-order valence-corrected chi connectivity index (χ2v) is 8.23. The Labute approximate surface area is 156 Å². The highest BCUT2D eigenvalue weighted by atomic mass is 32.2. The van der Waals surface area contributed by atoms with Gasteiger partial charge in [0.25, 0.3) is 5.91 Å². The number of amides is 1. The van der Waals surface area contributed by atoms with E-state index in [1.165, 1.54) is 10.4 Å². The number of hydrogen-bond donors (Lipinski definition) is 2. The van der Waals surface area contributed by atoms with Crippen LogP contribution < -0.4 is 5.32 Å². The molecule has 0 spiro atoms. The summed E-state index contributed by atoms with van der Waals surface area (Å²) < 4.78 is 0. The Bertz CT molecular complexity index is 836. The Morgan fingerprint density at radius 2 is 2.20 bits per heavy atom. The van der Waals surface area contributed by atoms with Gasteiger partial charge < -0.3 is 10.3 Å². The number of thiophene rings is 1. The lowest BCUT2D eigenvalue weighted by atomic mass is 10.2. The molecule has 0 aliphatic carbocycles. The zero-order valence-corrected chi connectivity index (χ0v) is 16.4. The van der Waals surface area contributed by atoms with Crippen LogP contribution in [0.3, 0.4) is 0 Å². The largest absolute Gasteiger partial charge is 0.341 e. The fraction of sp³-hybridized carbons (Fsp3) is 0.368. The van der Waals surface area contributed by atoms with Crippen molar-refractivity contribution in [3.05, 3.63) is 51.5 Å². The molecule has 0 bridgehead atoms. The van der Waals surface area contributed by atoms with Gasteiger partial charge in [-0.1, -0.05) is 19.1 Å². The number of rotatable bonds is 7. The Hall–Kier alpha value is -1.79. The number of thioether (sulfide) groups is 1. The summed E-state index contributed by atoms with van der Waals surface area (Å²) in [7, 11) is 0. The Balaban J connectivity index is 1.83. The molecule has 1 atom stereocenters. The standard InChI is InChI=1S/C19H23N3OS2/c1-4-13-11-17(25-12(13)2)19(23)22-16(9-10-24-3)18-20-14-7-5-6-8-15(14)21-18/h5-8,11,16H,4,9-10H2,1-3H3,(H,20,21)(H,22,23). The molecule has 132 valence electrons. The maximum atomic E-state index is 12.7. The molecule has 1 aromatic carbocycles. The SMILES string of the molecule is CCc1cc(C(=O)NC(CCSC)c2nc3ccccc3[nH]2)sc1C. The summed E-state index contributed by atoms with van der Waals surface area (Å²) in [5.41, 5.74) is 3.18. The summed E-state index contributed by atoms with van der Waals surface area (Å²) in [6.45, 7) is 4.19. The molecule has 2 aromatic heterocycles. The first-order chi connectivity index (χ1) is 12.1. The second-order valence-electron chi connectivity index (χ2n) is 5.99. The number of para-hydroxylation sites is 2. The molecule has 0 fully saturated rings. The highest BCUT2D eigenvalue weighted by Gasteiger charge is 2.20. The molecule has 2 heterocycles. The molecule has 3 aromatic rings. The van der Waals surface area contributed by atoms with Crippen LogP contribution in [0.1, 0.15) is 45.3 Å². The van der Waals surface area contributed by atoms with Crippen LogP contribution in [-0.2, 0) is 6.42 Å². The first kappa shape index (κ1) is 18.0. The van der Waals surface area contributed by atoms with E-state index in [2.05, 4.69) is 35.4 Å². The van der Waals surface area contributed by atoms with E-state index in [4.69, 9.17) is 0 Å². The average Bonchev–Trinajstić information content (AvgIpc) is 3.21. The number of carbonyl (C=O) groups excluding carboxylic acids is 1. The monoisotopic (exact) mass is 373 g/mol. The van der Waals surface area contributed by atoms with Gasteiger partial charge in [-0.15, -0.1) is 11.3 Å². The number of nitrogens with zero attached hydrogens (tertiary/aromatic N) is 1. The summed E-state index contributed by atoms with van der Waals surface area (Å²) in [4.78, 5) is 22.8. The molecule has 0 radical (unpaired) electrons. The van der Waals surface area contributed by atoms with Crippen LogP contribution in [0, 0.1) is 6.92 Å². The Morgan fingerprint density at radius 3 is 2.88 bits per heavy atom. The summed E-state index contributed by atoms with van der Waals surface area (Å²) in [5, 5.41) is 3.17. The summed E-state index contributed by atoms with van der Waals surface area (Å²) in [5.74, 6) is 1.78. The molecular weight excluding hydrogens is 350 g/mol. The van der Waals surface area contributed by atoms with Gasteiger partial charge in [0.1, 0.15) is 5.82 Å². The second kappa shape index (κ2) is 8.06. The topological polar surface area (TPSA) is 57.8 Å². The van der Waals surface area contributed by atoms with E-state index >= 15 is 0 Å². The average molecular weight is 374 g/mol. The Kier molecular flexibility index (Phi) is 5.81. The van der Waals surface area contributed by atoms with Crippen LogP contribution in [0.15, 0.2) is 30.3 Å². The normalized spacial score (nSPS) is 12.4. The highest BCUT2D eigenvalue weighted by molar-refractivity contribution is 7.98. The molecule has 1 unspecified atom stereocenters. The van der Waals surface area contributed by atoms with Crippen LogP contribution in [0.5, 0.6) is 0 Å². The first-order valence-electron chi connectivity index (χ1n) is 8.46. The van der Waals surface area contributed by atoms with Crippen molar-refractivity contribution in [2.24, 2.45) is 0 Å². The molecular formula is C19H23N3OS2. The van der Waals surface area contributed by atoms with E-state index < -0.39 is 0 Å². The van der Waals surface area contributed by atoms with E-state index in [-0.39, 0.29) is 11.9 Å². The van der Waals surface area contributed by atoms with E-state index in [1.54, 1.807) is 23.1 Å². The van der Waals surface area contributed by atoms with Crippen molar-refractivity contribution < 1.29 is 4.79 Å². The van der Waals surface area contributed by atoms with Crippen molar-refractivity contribution in [2.45, 2.75) is 32.7 Å². The van der Waals surface area contributed by atoms with Crippen molar-refractivity contribution in [2.75, 3.05) is 12.0 Å². The minimum atomic E-state index is -0.111.